The summed E-state index contributed by atoms with van der Waals surface area (Å²) in [5.41, 5.74) is 0. The van der Waals surface area contributed by atoms with E-state index in [1.807, 2.05) is 0 Å². The standard InChI is InChI=1S/C11H17N3O3/c15-11(16)7-14-6-10(5-13-14)17-8-9-3-1-2-4-12-9/h5-6,9,12H,1-4,7-8H2,(H,15,16). The van der Waals surface area contributed by atoms with E-state index in [0.29, 0.717) is 18.4 Å². The molecule has 6 nitrogen and oxygen atoms in total. The molecule has 0 spiro atoms. The number of carboxylic acids is 1. The maximum absolute atomic E-state index is 10.5. The zero-order valence-electron chi connectivity index (χ0n) is 9.63. The summed E-state index contributed by atoms with van der Waals surface area (Å²) < 4.78 is 6.92. The summed E-state index contributed by atoms with van der Waals surface area (Å²) >= 11 is 0. The predicted molar refractivity (Wildman–Crippen MR) is 61.0 cm³/mol. The summed E-state index contributed by atoms with van der Waals surface area (Å²) in [5.74, 6) is -0.285. The Kier molecular flexibility index (Phi) is 3.98. The van der Waals surface area contributed by atoms with Gasteiger partial charge < -0.3 is 15.2 Å². The fourth-order valence-electron chi connectivity index (χ4n) is 1.91. The van der Waals surface area contributed by atoms with E-state index in [1.165, 1.54) is 17.5 Å². The maximum atomic E-state index is 10.5. The largest absolute Gasteiger partial charge is 0.489 e. The van der Waals surface area contributed by atoms with Gasteiger partial charge in [0.15, 0.2) is 5.75 Å². The van der Waals surface area contributed by atoms with Crippen LogP contribution in [0.4, 0.5) is 0 Å². The molecule has 0 amide bonds. The van der Waals surface area contributed by atoms with E-state index in [-0.39, 0.29) is 6.54 Å². The van der Waals surface area contributed by atoms with Crippen molar-refractivity contribution in [1.29, 1.82) is 0 Å². The van der Waals surface area contributed by atoms with Gasteiger partial charge in [-0.1, -0.05) is 6.42 Å². The summed E-state index contributed by atoms with van der Waals surface area (Å²) in [6.45, 7) is 1.52. The van der Waals surface area contributed by atoms with Crippen LogP contribution in [0.1, 0.15) is 19.3 Å². The van der Waals surface area contributed by atoms with E-state index in [0.717, 1.165) is 13.0 Å². The zero-order valence-corrected chi connectivity index (χ0v) is 9.63. The van der Waals surface area contributed by atoms with Gasteiger partial charge in [-0.2, -0.15) is 5.10 Å². The van der Waals surface area contributed by atoms with E-state index in [1.54, 1.807) is 12.4 Å². The first-order valence-corrected chi connectivity index (χ1v) is 5.84. The van der Waals surface area contributed by atoms with Crippen LogP contribution in [0.3, 0.4) is 0 Å². The molecule has 0 radical (unpaired) electrons. The Labute approximate surface area is 99.6 Å². The third-order valence-corrected chi connectivity index (χ3v) is 2.77. The van der Waals surface area contributed by atoms with Gasteiger partial charge in [0.2, 0.25) is 0 Å². The average Bonchev–Trinajstić information content (AvgIpc) is 2.75. The lowest BCUT2D eigenvalue weighted by atomic mass is 10.1. The second kappa shape index (κ2) is 5.67. The third kappa shape index (κ3) is 3.74. The smallest absolute Gasteiger partial charge is 0.325 e. The van der Waals surface area contributed by atoms with Crippen molar-refractivity contribution in [1.82, 2.24) is 15.1 Å². The van der Waals surface area contributed by atoms with Crippen molar-refractivity contribution in [3.8, 4) is 5.75 Å². The number of hydrogen-bond donors (Lipinski definition) is 2. The van der Waals surface area contributed by atoms with Crippen molar-refractivity contribution >= 4 is 5.97 Å². The Bertz CT molecular complexity index is 372. The molecule has 0 aromatic carbocycles. The van der Waals surface area contributed by atoms with Crippen LogP contribution in [0.5, 0.6) is 5.75 Å². The molecule has 17 heavy (non-hydrogen) atoms. The first kappa shape index (κ1) is 11.9. The number of ether oxygens (including phenoxy) is 1. The Morgan fingerprint density at radius 1 is 1.65 bits per heavy atom. The van der Waals surface area contributed by atoms with Crippen LogP contribution in [-0.2, 0) is 11.3 Å². The molecule has 6 heteroatoms. The van der Waals surface area contributed by atoms with Gasteiger partial charge in [-0.05, 0) is 19.4 Å². The van der Waals surface area contributed by atoms with Gasteiger partial charge in [-0.15, -0.1) is 0 Å². The van der Waals surface area contributed by atoms with Crippen LogP contribution >= 0.6 is 0 Å². The Morgan fingerprint density at radius 3 is 3.24 bits per heavy atom. The van der Waals surface area contributed by atoms with Crippen molar-refractivity contribution in [2.75, 3.05) is 13.2 Å². The van der Waals surface area contributed by atoms with Gasteiger partial charge in [-0.3, -0.25) is 9.48 Å². The highest BCUT2D eigenvalue weighted by molar-refractivity contribution is 5.66. The number of rotatable bonds is 5. The molecule has 0 bridgehead atoms. The minimum Gasteiger partial charge on any atom is -0.489 e. The van der Waals surface area contributed by atoms with E-state index in [2.05, 4.69) is 10.4 Å². The fourth-order valence-corrected chi connectivity index (χ4v) is 1.91. The second-order valence-corrected chi connectivity index (χ2v) is 4.23. The number of piperidine rings is 1. The highest BCUT2D eigenvalue weighted by atomic mass is 16.5. The normalized spacial score (nSPS) is 20.1. The highest BCUT2D eigenvalue weighted by Crippen LogP contribution is 2.12. The van der Waals surface area contributed by atoms with Crippen LogP contribution in [0, 0.1) is 0 Å². The number of aliphatic carboxylic acids is 1. The molecular weight excluding hydrogens is 222 g/mol. The van der Waals surface area contributed by atoms with Crippen LogP contribution < -0.4 is 10.1 Å². The second-order valence-electron chi connectivity index (χ2n) is 4.23. The molecule has 2 N–H and O–H groups in total. The van der Waals surface area contributed by atoms with Crippen molar-refractivity contribution in [3.63, 3.8) is 0 Å². The molecule has 94 valence electrons. The molecule has 1 saturated heterocycles. The monoisotopic (exact) mass is 239 g/mol. The lowest BCUT2D eigenvalue weighted by Crippen LogP contribution is -2.38. The van der Waals surface area contributed by atoms with Crippen molar-refractivity contribution in [3.05, 3.63) is 12.4 Å². The van der Waals surface area contributed by atoms with Crippen LogP contribution in [0.25, 0.3) is 0 Å². The summed E-state index contributed by atoms with van der Waals surface area (Å²) in [4.78, 5) is 10.5. The van der Waals surface area contributed by atoms with Crippen molar-refractivity contribution in [2.24, 2.45) is 0 Å². The minimum absolute atomic E-state index is 0.134. The van der Waals surface area contributed by atoms with Gasteiger partial charge in [0.1, 0.15) is 13.2 Å². The highest BCUT2D eigenvalue weighted by Gasteiger charge is 2.13. The van der Waals surface area contributed by atoms with Gasteiger partial charge in [-0.25, -0.2) is 0 Å². The first-order valence-electron chi connectivity index (χ1n) is 5.84. The molecule has 1 fully saturated rings. The molecule has 1 aromatic rings. The number of nitrogens with one attached hydrogen (secondary N) is 1. The zero-order chi connectivity index (χ0) is 12.1. The third-order valence-electron chi connectivity index (χ3n) is 2.77. The summed E-state index contributed by atoms with van der Waals surface area (Å²) in [6, 6.07) is 0.395. The van der Waals surface area contributed by atoms with E-state index < -0.39 is 5.97 Å². The molecule has 1 aliphatic rings. The molecular formula is C11H17N3O3. The summed E-state index contributed by atoms with van der Waals surface area (Å²) in [7, 11) is 0. The average molecular weight is 239 g/mol. The molecule has 1 unspecified atom stereocenters. The van der Waals surface area contributed by atoms with E-state index in [9.17, 15) is 4.79 Å². The molecule has 1 atom stereocenters. The number of carbonyl (C=O) groups is 1. The molecule has 2 rings (SSSR count). The van der Waals surface area contributed by atoms with Gasteiger partial charge in [0, 0.05) is 6.04 Å². The first-order chi connectivity index (χ1) is 8.24. The van der Waals surface area contributed by atoms with Gasteiger partial charge in [0.05, 0.1) is 12.4 Å². The van der Waals surface area contributed by atoms with Crippen molar-refractivity contribution in [2.45, 2.75) is 31.8 Å². The molecule has 1 aliphatic heterocycles. The van der Waals surface area contributed by atoms with E-state index >= 15 is 0 Å². The molecule has 1 aromatic heterocycles. The molecule has 0 saturated carbocycles. The lowest BCUT2D eigenvalue weighted by molar-refractivity contribution is -0.137. The summed E-state index contributed by atoms with van der Waals surface area (Å²) in [5, 5.41) is 15.9. The molecule has 0 aliphatic carbocycles. The van der Waals surface area contributed by atoms with E-state index in [4.69, 9.17) is 9.84 Å². The number of nitrogens with zero attached hydrogens (tertiary/aromatic N) is 2. The minimum atomic E-state index is -0.909. The number of carboxylic acid groups (broad SMARTS) is 1. The van der Waals surface area contributed by atoms with Crippen molar-refractivity contribution < 1.29 is 14.6 Å². The molecule has 2 heterocycles. The van der Waals surface area contributed by atoms with Gasteiger partial charge >= 0.3 is 5.97 Å². The number of aromatic nitrogens is 2. The van der Waals surface area contributed by atoms with Crippen LogP contribution in [-0.4, -0.2) is 40.0 Å². The van der Waals surface area contributed by atoms with Gasteiger partial charge in [0.25, 0.3) is 0 Å². The topological polar surface area (TPSA) is 76.4 Å². The Balaban J connectivity index is 1.78. The quantitative estimate of drug-likeness (QED) is 0.782. The maximum Gasteiger partial charge on any atom is 0.325 e. The van der Waals surface area contributed by atoms with Crippen LogP contribution in [0.15, 0.2) is 12.4 Å². The summed E-state index contributed by atoms with van der Waals surface area (Å²) in [6.07, 6.45) is 6.75. The Morgan fingerprint density at radius 2 is 2.53 bits per heavy atom. The predicted octanol–water partition coefficient (Wildman–Crippen LogP) is 0.489. The fraction of sp³-hybridized carbons (Fsp3) is 0.636. The SMILES string of the molecule is O=C(O)Cn1cc(OCC2CCCCN2)cn1. The van der Waals surface area contributed by atoms with Crippen LogP contribution in [0.2, 0.25) is 0 Å². The Hall–Kier alpha value is -1.56. The lowest BCUT2D eigenvalue weighted by Gasteiger charge is -2.22. The number of hydrogen-bond acceptors (Lipinski definition) is 4.